The van der Waals surface area contributed by atoms with Crippen molar-refractivity contribution in [3.8, 4) is 0 Å². The summed E-state index contributed by atoms with van der Waals surface area (Å²) in [6, 6.07) is 0. The number of nitrogens with zero attached hydrogens (tertiary/aromatic N) is 2. The Balaban J connectivity index is 1.96. The lowest BCUT2D eigenvalue weighted by atomic mass is 9.89. The molecular formula is C17H21N3O2S. The number of carbonyl (C=O) groups excluding carboxylic acids is 1. The Bertz CT molecular complexity index is 778. The van der Waals surface area contributed by atoms with Gasteiger partial charge in [0.1, 0.15) is 15.5 Å². The molecule has 2 aromatic rings. The van der Waals surface area contributed by atoms with Gasteiger partial charge in [-0.25, -0.2) is 9.78 Å². The van der Waals surface area contributed by atoms with Gasteiger partial charge in [0.05, 0.1) is 12.8 Å². The number of thiophene rings is 1. The molecule has 0 amide bonds. The number of rotatable bonds is 2. The quantitative estimate of drug-likeness (QED) is 0.856. The number of nitrogens with two attached hydrogens (primary N) is 1. The van der Waals surface area contributed by atoms with Gasteiger partial charge in [0.25, 0.3) is 0 Å². The van der Waals surface area contributed by atoms with Crippen LogP contribution in [-0.2, 0) is 17.6 Å². The Hall–Kier alpha value is -1.82. The van der Waals surface area contributed by atoms with Gasteiger partial charge in [0, 0.05) is 18.5 Å². The molecule has 4 rings (SSSR count). The van der Waals surface area contributed by atoms with Gasteiger partial charge in [-0.05, 0) is 49.7 Å². The number of hydrogen-bond acceptors (Lipinski definition) is 6. The van der Waals surface area contributed by atoms with Gasteiger partial charge in [0.2, 0.25) is 0 Å². The smallest absolute Gasteiger partial charge is 0.350 e. The van der Waals surface area contributed by atoms with E-state index in [1.54, 1.807) is 0 Å². The SMILES string of the molecule is COC(=O)c1sc2nc(N3CCCC3)c3c(c2c1N)CCCC3. The lowest BCUT2D eigenvalue weighted by molar-refractivity contribution is 0.0607. The van der Waals surface area contributed by atoms with Crippen molar-refractivity contribution in [1.29, 1.82) is 0 Å². The molecule has 0 spiro atoms. The van der Waals surface area contributed by atoms with Crippen LogP contribution in [0.3, 0.4) is 0 Å². The van der Waals surface area contributed by atoms with Crippen LogP contribution in [0.15, 0.2) is 0 Å². The summed E-state index contributed by atoms with van der Waals surface area (Å²) in [5.74, 6) is 0.764. The molecule has 1 aliphatic heterocycles. The molecule has 1 fully saturated rings. The minimum Gasteiger partial charge on any atom is -0.465 e. The Labute approximate surface area is 139 Å². The fourth-order valence-electron chi connectivity index (χ4n) is 3.83. The number of methoxy groups -OCH3 is 1. The highest BCUT2D eigenvalue weighted by molar-refractivity contribution is 7.21. The second-order valence-corrected chi connectivity index (χ2v) is 7.31. The largest absolute Gasteiger partial charge is 0.465 e. The Morgan fingerprint density at radius 3 is 2.57 bits per heavy atom. The summed E-state index contributed by atoms with van der Waals surface area (Å²) in [6.07, 6.45) is 6.93. The summed E-state index contributed by atoms with van der Waals surface area (Å²) >= 11 is 1.37. The van der Waals surface area contributed by atoms with Crippen LogP contribution in [0.2, 0.25) is 0 Å². The molecule has 2 aromatic heterocycles. The van der Waals surface area contributed by atoms with Gasteiger partial charge in [0.15, 0.2) is 0 Å². The van der Waals surface area contributed by atoms with Crippen molar-refractivity contribution in [3.63, 3.8) is 0 Å². The molecule has 122 valence electrons. The number of fused-ring (bicyclic) bond motifs is 3. The standard InChI is InChI=1S/C17H21N3O2S/c1-22-17(21)14-13(18)12-10-6-2-3-7-11(10)15(19-16(12)23-14)20-8-4-5-9-20/h2-9,18H2,1H3. The molecule has 2 aliphatic rings. The van der Waals surface area contributed by atoms with E-state index in [0.717, 1.165) is 42.0 Å². The molecule has 0 bridgehead atoms. The normalized spacial score (nSPS) is 17.5. The van der Waals surface area contributed by atoms with Crippen molar-refractivity contribution in [2.75, 3.05) is 30.8 Å². The Morgan fingerprint density at radius 1 is 1.17 bits per heavy atom. The van der Waals surface area contributed by atoms with Crippen LogP contribution in [0.4, 0.5) is 11.5 Å². The zero-order chi connectivity index (χ0) is 16.0. The lowest BCUT2D eigenvalue weighted by Crippen LogP contribution is -2.22. The first-order chi connectivity index (χ1) is 11.2. The number of nitrogen functional groups attached to an aromatic ring is 1. The predicted molar refractivity (Wildman–Crippen MR) is 93.5 cm³/mol. The summed E-state index contributed by atoms with van der Waals surface area (Å²) in [5, 5.41) is 0.994. The number of anilines is 2. The molecule has 2 N–H and O–H groups in total. The number of hydrogen-bond donors (Lipinski definition) is 1. The van der Waals surface area contributed by atoms with E-state index >= 15 is 0 Å². The average Bonchev–Trinajstić information content (AvgIpc) is 3.21. The lowest BCUT2D eigenvalue weighted by Gasteiger charge is -2.25. The third-order valence-corrected chi connectivity index (χ3v) is 6.03. The van der Waals surface area contributed by atoms with Crippen LogP contribution in [0.5, 0.6) is 0 Å². The van der Waals surface area contributed by atoms with Crippen molar-refractivity contribution in [3.05, 3.63) is 16.0 Å². The summed E-state index contributed by atoms with van der Waals surface area (Å²) in [4.78, 5) is 20.7. The maximum atomic E-state index is 12.0. The first kappa shape index (κ1) is 14.8. The molecule has 0 saturated carbocycles. The van der Waals surface area contributed by atoms with Crippen molar-refractivity contribution in [2.45, 2.75) is 38.5 Å². The van der Waals surface area contributed by atoms with Gasteiger partial charge in [-0.2, -0.15) is 0 Å². The maximum absolute atomic E-state index is 12.0. The monoisotopic (exact) mass is 331 g/mol. The van der Waals surface area contributed by atoms with Crippen LogP contribution in [0.25, 0.3) is 10.2 Å². The van der Waals surface area contributed by atoms with Gasteiger partial charge >= 0.3 is 5.97 Å². The average molecular weight is 331 g/mol. The number of esters is 1. The maximum Gasteiger partial charge on any atom is 0.350 e. The highest BCUT2D eigenvalue weighted by atomic mass is 32.1. The van der Waals surface area contributed by atoms with Gasteiger partial charge < -0.3 is 15.4 Å². The summed E-state index contributed by atoms with van der Waals surface area (Å²) in [6.45, 7) is 2.16. The van der Waals surface area contributed by atoms with E-state index in [-0.39, 0.29) is 5.97 Å². The number of carbonyl (C=O) groups is 1. The number of aromatic nitrogens is 1. The predicted octanol–water partition coefficient (Wildman–Crippen LogP) is 3.14. The zero-order valence-corrected chi connectivity index (χ0v) is 14.2. The molecule has 0 atom stereocenters. The van der Waals surface area contributed by atoms with E-state index in [2.05, 4.69) is 4.90 Å². The molecule has 5 nitrogen and oxygen atoms in total. The van der Waals surface area contributed by atoms with E-state index in [1.807, 2.05) is 0 Å². The van der Waals surface area contributed by atoms with Gasteiger partial charge in [-0.1, -0.05) is 0 Å². The number of pyridine rings is 1. The second kappa shape index (κ2) is 5.67. The fourth-order valence-corrected chi connectivity index (χ4v) is 4.87. The number of aryl methyl sites for hydroxylation is 1. The molecule has 1 aliphatic carbocycles. The first-order valence-electron chi connectivity index (χ1n) is 8.27. The topological polar surface area (TPSA) is 68.5 Å². The molecule has 6 heteroatoms. The second-order valence-electron chi connectivity index (χ2n) is 6.31. The molecule has 0 aromatic carbocycles. The van der Waals surface area contributed by atoms with Gasteiger partial charge in [-0.15, -0.1) is 11.3 Å². The number of ether oxygens (including phenoxy) is 1. The highest BCUT2D eigenvalue weighted by Crippen LogP contribution is 2.42. The van der Waals surface area contributed by atoms with E-state index in [0.29, 0.717) is 10.6 Å². The van der Waals surface area contributed by atoms with Crippen LogP contribution in [0, 0.1) is 0 Å². The Morgan fingerprint density at radius 2 is 1.87 bits per heavy atom. The molecule has 23 heavy (non-hydrogen) atoms. The molecule has 0 radical (unpaired) electrons. The van der Waals surface area contributed by atoms with E-state index in [4.69, 9.17) is 15.5 Å². The summed E-state index contributed by atoms with van der Waals surface area (Å²) in [7, 11) is 1.39. The third-order valence-electron chi connectivity index (χ3n) is 4.95. The molecule has 1 saturated heterocycles. The van der Waals surface area contributed by atoms with Crippen molar-refractivity contribution < 1.29 is 9.53 Å². The first-order valence-corrected chi connectivity index (χ1v) is 9.09. The van der Waals surface area contributed by atoms with E-state index in [9.17, 15) is 4.79 Å². The van der Waals surface area contributed by atoms with E-state index < -0.39 is 0 Å². The highest BCUT2D eigenvalue weighted by Gasteiger charge is 2.28. The van der Waals surface area contributed by atoms with Crippen molar-refractivity contribution in [1.82, 2.24) is 4.98 Å². The summed E-state index contributed by atoms with van der Waals surface area (Å²) < 4.78 is 4.87. The zero-order valence-electron chi connectivity index (χ0n) is 13.4. The van der Waals surface area contributed by atoms with Crippen LogP contribution >= 0.6 is 11.3 Å². The summed E-state index contributed by atoms with van der Waals surface area (Å²) in [5.41, 5.74) is 9.52. The van der Waals surface area contributed by atoms with Gasteiger partial charge in [-0.3, -0.25) is 0 Å². The van der Waals surface area contributed by atoms with Crippen LogP contribution < -0.4 is 10.6 Å². The minimum absolute atomic E-state index is 0.363. The third kappa shape index (κ3) is 2.27. The Kier molecular flexibility index (Phi) is 3.64. The molecule has 0 unspecified atom stereocenters. The van der Waals surface area contributed by atoms with E-state index in [1.165, 1.54) is 55.3 Å². The molecule has 3 heterocycles. The van der Waals surface area contributed by atoms with Crippen molar-refractivity contribution >= 4 is 39.0 Å². The van der Waals surface area contributed by atoms with Crippen LogP contribution in [0.1, 0.15) is 46.5 Å². The van der Waals surface area contributed by atoms with Crippen molar-refractivity contribution in [2.24, 2.45) is 0 Å². The minimum atomic E-state index is -0.363. The molecular weight excluding hydrogens is 310 g/mol. The van der Waals surface area contributed by atoms with Crippen LogP contribution in [-0.4, -0.2) is 31.2 Å². The fraction of sp³-hybridized carbons (Fsp3) is 0.529.